The van der Waals surface area contributed by atoms with Crippen LogP contribution in [0.1, 0.15) is 54.6 Å². The second-order valence-electron chi connectivity index (χ2n) is 12.8. The standard InChI is InChI=1S/C43H35N3O/c1-27(45-42(31-14-8-5-9-15-31)46-41(44)30-12-6-4-7-13-30)28-18-20-29(21-19-28)32-22-24-37-34(26-32)40-38(47-37)25-23-36-39(40)33-16-10-11-17-35(33)43(36,2)3/h4-27H,1-3H3,(H2,44,45,46). The van der Waals surface area contributed by atoms with E-state index >= 15 is 0 Å². The highest BCUT2D eigenvalue weighted by atomic mass is 16.3. The van der Waals surface area contributed by atoms with E-state index in [0.717, 1.165) is 44.4 Å². The number of fused-ring (bicyclic) bond motifs is 7. The molecule has 1 aliphatic rings. The second-order valence-corrected chi connectivity index (χ2v) is 12.8. The predicted molar refractivity (Wildman–Crippen MR) is 195 cm³/mol. The van der Waals surface area contributed by atoms with E-state index in [4.69, 9.17) is 20.1 Å². The Kier molecular flexibility index (Phi) is 6.87. The zero-order chi connectivity index (χ0) is 32.1. The summed E-state index contributed by atoms with van der Waals surface area (Å²) in [5.74, 6) is 1.05. The zero-order valence-electron chi connectivity index (χ0n) is 26.7. The van der Waals surface area contributed by atoms with Gasteiger partial charge in [0.15, 0.2) is 5.84 Å². The molecule has 4 heteroatoms. The number of amidine groups is 2. The molecule has 0 bridgehead atoms. The fraction of sp³-hybridized carbons (Fsp3) is 0.116. The number of hydrogen-bond donors (Lipinski definition) is 1. The molecule has 0 fully saturated rings. The van der Waals surface area contributed by atoms with Crippen molar-refractivity contribution in [3.63, 3.8) is 0 Å². The van der Waals surface area contributed by atoms with Crippen molar-refractivity contribution in [2.45, 2.75) is 32.2 Å². The van der Waals surface area contributed by atoms with Gasteiger partial charge >= 0.3 is 0 Å². The minimum atomic E-state index is -0.127. The molecular formula is C43H35N3O. The van der Waals surface area contributed by atoms with Crippen LogP contribution in [0.3, 0.4) is 0 Å². The summed E-state index contributed by atoms with van der Waals surface area (Å²) in [6.45, 7) is 6.73. The molecule has 1 atom stereocenters. The van der Waals surface area contributed by atoms with Gasteiger partial charge in [-0.3, -0.25) is 4.99 Å². The van der Waals surface area contributed by atoms with Crippen LogP contribution < -0.4 is 5.73 Å². The Balaban J connectivity index is 1.16. The maximum absolute atomic E-state index is 6.43. The molecule has 1 aromatic heterocycles. The normalized spacial score (nSPS) is 14.7. The third-order valence-corrected chi connectivity index (χ3v) is 9.55. The Morgan fingerprint density at radius 2 is 1.30 bits per heavy atom. The monoisotopic (exact) mass is 609 g/mol. The SMILES string of the molecule is CC(N=C(N=C(N)c1ccccc1)c1ccccc1)c1ccc(-c2ccc3oc4ccc5c(c4c3c2)-c2ccccc2C5(C)C)cc1. The summed E-state index contributed by atoms with van der Waals surface area (Å²) in [5, 5.41) is 2.34. The Bertz CT molecular complexity index is 2330. The van der Waals surface area contributed by atoms with E-state index in [9.17, 15) is 0 Å². The van der Waals surface area contributed by atoms with Crippen LogP contribution in [0, 0.1) is 0 Å². The summed E-state index contributed by atoms with van der Waals surface area (Å²) in [7, 11) is 0. The van der Waals surface area contributed by atoms with Crippen LogP contribution in [-0.4, -0.2) is 11.7 Å². The van der Waals surface area contributed by atoms with Gasteiger partial charge in [-0.05, 0) is 64.1 Å². The number of rotatable bonds is 5. The maximum Gasteiger partial charge on any atom is 0.157 e. The van der Waals surface area contributed by atoms with E-state index in [1.807, 2.05) is 60.7 Å². The summed E-state index contributed by atoms with van der Waals surface area (Å²) in [4.78, 5) is 9.83. The summed E-state index contributed by atoms with van der Waals surface area (Å²) < 4.78 is 6.40. The molecule has 0 saturated carbocycles. The minimum Gasteiger partial charge on any atom is -0.456 e. The lowest BCUT2D eigenvalue weighted by Crippen LogP contribution is -2.16. The molecule has 8 rings (SSSR count). The molecule has 0 amide bonds. The number of furan rings is 1. The molecule has 2 N–H and O–H groups in total. The molecule has 0 spiro atoms. The number of benzene rings is 6. The fourth-order valence-electron chi connectivity index (χ4n) is 6.99. The third-order valence-electron chi connectivity index (χ3n) is 9.55. The van der Waals surface area contributed by atoms with Crippen LogP contribution in [-0.2, 0) is 5.41 Å². The molecule has 0 saturated heterocycles. The second kappa shape index (κ2) is 11.3. The molecule has 7 aromatic rings. The third kappa shape index (κ3) is 4.94. The largest absolute Gasteiger partial charge is 0.456 e. The van der Waals surface area contributed by atoms with Gasteiger partial charge in [-0.2, -0.15) is 0 Å². The predicted octanol–water partition coefficient (Wildman–Crippen LogP) is 10.5. The molecule has 1 aliphatic carbocycles. The highest BCUT2D eigenvalue weighted by Crippen LogP contribution is 2.53. The average molecular weight is 610 g/mol. The van der Waals surface area contributed by atoms with E-state index in [-0.39, 0.29) is 11.5 Å². The molecule has 0 aliphatic heterocycles. The van der Waals surface area contributed by atoms with Crippen LogP contribution in [0.15, 0.2) is 154 Å². The van der Waals surface area contributed by atoms with Crippen LogP contribution in [0.5, 0.6) is 0 Å². The van der Waals surface area contributed by atoms with Crippen molar-refractivity contribution < 1.29 is 4.42 Å². The van der Waals surface area contributed by atoms with Crippen molar-refractivity contribution in [1.29, 1.82) is 0 Å². The first-order valence-electron chi connectivity index (χ1n) is 16.1. The van der Waals surface area contributed by atoms with Gasteiger partial charge in [-0.1, -0.05) is 135 Å². The number of nitrogens with zero attached hydrogens (tertiary/aromatic N) is 2. The van der Waals surface area contributed by atoms with Crippen molar-refractivity contribution in [3.05, 3.63) is 167 Å². The quantitative estimate of drug-likeness (QED) is 0.156. The first kappa shape index (κ1) is 28.7. The van der Waals surface area contributed by atoms with Crippen molar-refractivity contribution in [3.8, 4) is 22.3 Å². The molecule has 228 valence electrons. The van der Waals surface area contributed by atoms with Crippen molar-refractivity contribution in [1.82, 2.24) is 0 Å². The lowest BCUT2D eigenvalue weighted by Gasteiger charge is -2.21. The highest BCUT2D eigenvalue weighted by molar-refractivity contribution is 6.15. The van der Waals surface area contributed by atoms with E-state index < -0.39 is 0 Å². The van der Waals surface area contributed by atoms with E-state index in [2.05, 4.69) is 99.6 Å². The average Bonchev–Trinajstić information content (AvgIpc) is 3.60. The zero-order valence-corrected chi connectivity index (χ0v) is 26.7. The number of hydrogen-bond acceptors (Lipinski definition) is 2. The lowest BCUT2D eigenvalue weighted by atomic mass is 9.82. The van der Waals surface area contributed by atoms with Crippen LogP contribution in [0.4, 0.5) is 0 Å². The smallest absolute Gasteiger partial charge is 0.157 e. The van der Waals surface area contributed by atoms with Crippen molar-refractivity contribution in [2.24, 2.45) is 15.7 Å². The highest BCUT2D eigenvalue weighted by Gasteiger charge is 2.37. The fourth-order valence-corrected chi connectivity index (χ4v) is 6.99. The summed E-state index contributed by atoms with van der Waals surface area (Å²) in [5.41, 5.74) is 18.7. The van der Waals surface area contributed by atoms with E-state index in [0.29, 0.717) is 11.7 Å². The summed E-state index contributed by atoms with van der Waals surface area (Å²) in [6, 6.07) is 48.0. The van der Waals surface area contributed by atoms with Crippen LogP contribution in [0.25, 0.3) is 44.2 Å². The number of nitrogens with two attached hydrogens (primary N) is 1. The van der Waals surface area contributed by atoms with Crippen LogP contribution >= 0.6 is 0 Å². The Morgan fingerprint density at radius 3 is 2.04 bits per heavy atom. The lowest BCUT2D eigenvalue weighted by molar-refractivity contribution is 0.656. The summed E-state index contributed by atoms with van der Waals surface area (Å²) in [6.07, 6.45) is 0. The Morgan fingerprint density at radius 1 is 0.660 bits per heavy atom. The van der Waals surface area contributed by atoms with Crippen molar-refractivity contribution >= 4 is 33.6 Å². The van der Waals surface area contributed by atoms with Gasteiger partial charge in [0.05, 0.1) is 6.04 Å². The Hall–Kier alpha value is -5.74. The first-order valence-corrected chi connectivity index (χ1v) is 16.1. The Labute approximate surface area is 274 Å². The molecule has 1 heterocycles. The van der Waals surface area contributed by atoms with Crippen LogP contribution in [0.2, 0.25) is 0 Å². The van der Waals surface area contributed by atoms with Crippen molar-refractivity contribution in [2.75, 3.05) is 0 Å². The van der Waals surface area contributed by atoms with Gasteiger partial charge in [-0.15, -0.1) is 0 Å². The van der Waals surface area contributed by atoms with Gasteiger partial charge in [0.2, 0.25) is 0 Å². The van der Waals surface area contributed by atoms with Gasteiger partial charge in [0.25, 0.3) is 0 Å². The minimum absolute atomic E-state index is 0.0602. The van der Waals surface area contributed by atoms with Gasteiger partial charge < -0.3 is 10.2 Å². The number of aliphatic imine (C=N–C) groups is 2. The molecule has 6 aromatic carbocycles. The molecule has 4 nitrogen and oxygen atoms in total. The van der Waals surface area contributed by atoms with Gasteiger partial charge in [-0.25, -0.2) is 4.99 Å². The molecular weight excluding hydrogens is 574 g/mol. The van der Waals surface area contributed by atoms with Gasteiger partial charge in [0, 0.05) is 27.3 Å². The first-order chi connectivity index (χ1) is 22.9. The van der Waals surface area contributed by atoms with E-state index in [1.165, 1.54) is 27.6 Å². The van der Waals surface area contributed by atoms with Gasteiger partial charge in [0.1, 0.15) is 17.0 Å². The van der Waals surface area contributed by atoms with E-state index in [1.54, 1.807) is 0 Å². The molecule has 47 heavy (non-hydrogen) atoms. The molecule has 0 radical (unpaired) electrons. The topological polar surface area (TPSA) is 63.9 Å². The molecule has 1 unspecified atom stereocenters. The maximum atomic E-state index is 6.43. The summed E-state index contributed by atoms with van der Waals surface area (Å²) >= 11 is 0.